The van der Waals surface area contributed by atoms with Crippen molar-refractivity contribution in [3.8, 4) is 0 Å². The van der Waals surface area contributed by atoms with Gasteiger partial charge < -0.3 is 14.4 Å². The summed E-state index contributed by atoms with van der Waals surface area (Å²) in [5.41, 5.74) is 3.74. The third-order valence-corrected chi connectivity index (χ3v) is 5.02. The second kappa shape index (κ2) is 6.79. The summed E-state index contributed by atoms with van der Waals surface area (Å²) in [6.45, 7) is 2.76. The first kappa shape index (κ1) is 17.0. The minimum absolute atomic E-state index is 0.235. The van der Waals surface area contributed by atoms with Crippen LogP contribution in [-0.4, -0.2) is 32.9 Å². The molecule has 0 unspecified atom stereocenters. The molecule has 0 spiro atoms. The summed E-state index contributed by atoms with van der Waals surface area (Å²) in [6, 6.07) is 14.1. The molecule has 0 N–H and O–H groups in total. The van der Waals surface area contributed by atoms with Crippen LogP contribution in [0.2, 0.25) is 0 Å². The average molecular weight is 438 g/mol. The lowest BCUT2D eigenvalue weighted by Gasteiger charge is -2.21. The first-order chi connectivity index (χ1) is 13.7. The Morgan fingerprint density at radius 3 is 2.96 bits per heavy atom. The summed E-state index contributed by atoms with van der Waals surface area (Å²) >= 11 is 3.49. The van der Waals surface area contributed by atoms with Gasteiger partial charge in [0.15, 0.2) is 11.4 Å². The van der Waals surface area contributed by atoms with Crippen LogP contribution < -0.4 is 4.90 Å². The van der Waals surface area contributed by atoms with Crippen LogP contribution in [-0.2, 0) is 9.47 Å². The molecule has 2 aromatic carbocycles. The molecular weight excluding hydrogens is 422 g/mol. The highest BCUT2D eigenvalue weighted by Crippen LogP contribution is 2.28. The lowest BCUT2D eigenvalue weighted by atomic mass is 10.2. The van der Waals surface area contributed by atoms with Crippen LogP contribution in [0.15, 0.2) is 65.3 Å². The summed E-state index contributed by atoms with van der Waals surface area (Å²) in [4.78, 5) is 11.3. The van der Waals surface area contributed by atoms with E-state index >= 15 is 0 Å². The van der Waals surface area contributed by atoms with E-state index in [2.05, 4.69) is 45.1 Å². The third kappa shape index (κ3) is 3.05. The molecule has 3 heterocycles. The van der Waals surface area contributed by atoms with Crippen LogP contribution in [0.25, 0.3) is 16.6 Å². The van der Waals surface area contributed by atoms with E-state index in [1.165, 1.54) is 0 Å². The first-order valence-electron chi connectivity index (χ1n) is 8.76. The predicted octanol–water partition coefficient (Wildman–Crippen LogP) is 4.33. The van der Waals surface area contributed by atoms with Gasteiger partial charge in [-0.05, 0) is 42.8 Å². The number of ether oxygens (including phenoxy) is 2. The Balaban J connectivity index is 1.65. The van der Waals surface area contributed by atoms with E-state index in [0.29, 0.717) is 12.5 Å². The number of benzene rings is 2. The number of fused-ring (bicyclic) bond motifs is 3. The zero-order valence-electron chi connectivity index (χ0n) is 15.0. The number of nitrogens with zero attached hydrogens (tertiary/aromatic N) is 5. The number of aromatic nitrogens is 4. The molecule has 7 nitrogen and oxygen atoms in total. The van der Waals surface area contributed by atoms with Crippen molar-refractivity contribution in [3.63, 3.8) is 0 Å². The third-order valence-electron chi connectivity index (χ3n) is 4.52. The number of anilines is 2. The van der Waals surface area contributed by atoms with E-state index in [-0.39, 0.29) is 6.79 Å². The maximum atomic E-state index is 5.53. The molecule has 28 heavy (non-hydrogen) atoms. The van der Waals surface area contributed by atoms with Crippen molar-refractivity contribution in [3.05, 3.63) is 70.8 Å². The average Bonchev–Trinajstić information content (AvgIpc) is 3.35. The van der Waals surface area contributed by atoms with E-state index in [1.54, 1.807) is 17.1 Å². The normalized spacial score (nSPS) is 13.4. The van der Waals surface area contributed by atoms with Crippen molar-refractivity contribution in [2.24, 2.45) is 0 Å². The highest BCUT2D eigenvalue weighted by molar-refractivity contribution is 9.10. The van der Waals surface area contributed by atoms with Gasteiger partial charge in [0, 0.05) is 15.5 Å². The largest absolute Gasteiger partial charge is 0.462 e. The number of hydrogen-bond donors (Lipinski definition) is 0. The van der Waals surface area contributed by atoms with Gasteiger partial charge in [0.1, 0.15) is 12.6 Å². The van der Waals surface area contributed by atoms with E-state index in [1.807, 2.05) is 35.2 Å². The maximum Gasteiger partial charge on any atom is 0.250 e. The highest BCUT2D eigenvalue weighted by atomic mass is 79.9. The fourth-order valence-corrected chi connectivity index (χ4v) is 3.54. The molecule has 0 fully saturated rings. The van der Waals surface area contributed by atoms with Crippen molar-refractivity contribution in [1.82, 2.24) is 19.6 Å². The van der Waals surface area contributed by atoms with Crippen molar-refractivity contribution >= 4 is 44.1 Å². The van der Waals surface area contributed by atoms with Gasteiger partial charge >= 0.3 is 0 Å². The van der Waals surface area contributed by atoms with Crippen LogP contribution in [0, 0.1) is 6.92 Å². The Kier molecular flexibility index (Phi) is 4.12. The van der Waals surface area contributed by atoms with Crippen molar-refractivity contribution in [2.45, 2.75) is 6.92 Å². The molecule has 4 aromatic rings. The minimum atomic E-state index is 0.235. The monoisotopic (exact) mass is 437 g/mol. The Hall–Kier alpha value is -3.13. The zero-order valence-corrected chi connectivity index (χ0v) is 16.6. The fraction of sp³-hybridized carbons (Fsp3) is 0.150. The topological polar surface area (TPSA) is 64.8 Å². The molecule has 140 valence electrons. The van der Waals surface area contributed by atoms with Gasteiger partial charge in [0.2, 0.25) is 6.79 Å². The number of hydrogen-bond acceptors (Lipinski definition) is 6. The van der Waals surface area contributed by atoms with Gasteiger partial charge in [-0.2, -0.15) is 9.50 Å². The second-order valence-corrected chi connectivity index (χ2v) is 7.44. The molecule has 0 radical (unpaired) electrons. The highest BCUT2D eigenvalue weighted by Gasteiger charge is 2.20. The maximum absolute atomic E-state index is 5.53. The van der Waals surface area contributed by atoms with Gasteiger partial charge in [-0.1, -0.05) is 28.1 Å². The molecule has 5 rings (SSSR count). The van der Waals surface area contributed by atoms with Crippen LogP contribution in [0.3, 0.4) is 0 Å². The smallest absolute Gasteiger partial charge is 0.250 e. The van der Waals surface area contributed by atoms with E-state index in [4.69, 9.17) is 14.5 Å². The number of rotatable bonds is 4. The second-order valence-electron chi connectivity index (χ2n) is 6.52. The molecule has 1 aliphatic heterocycles. The van der Waals surface area contributed by atoms with Crippen LogP contribution >= 0.6 is 15.9 Å². The Bertz CT molecular complexity index is 1220. The molecule has 0 atom stereocenters. The van der Waals surface area contributed by atoms with E-state index in [0.717, 1.165) is 38.0 Å². The van der Waals surface area contributed by atoms with Gasteiger partial charge in [0.05, 0.1) is 12.1 Å². The van der Waals surface area contributed by atoms with Gasteiger partial charge in [0.25, 0.3) is 5.95 Å². The lowest BCUT2D eigenvalue weighted by molar-refractivity contribution is 0.0800. The molecular formula is C20H16BrN5O2. The standard InChI is InChI=1S/C20H16BrN5O2/c1-13-3-2-4-15(7-13)25(9-16-10-27-12-28-16)20-23-19-17-6-5-14(21)8-18(17)22-11-26(19)24-20/h2-8,10-11H,9,12H2,1H3. The molecule has 0 saturated heterocycles. The van der Waals surface area contributed by atoms with Crippen molar-refractivity contribution < 1.29 is 9.47 Å². The van der Waals surface area contributed by atoms with E-state index < -0.39 is 0 Å². The molecule has 0 aliphatic carbocycles. The van der Waals surface area contributed by atoms with Crippen molar-refractivity contribution in [2.75, 3.05) is 18.2 Å². The summed E-state index contributed by atoms with van der Waals surface area (Å²) in [5.74, 6) is 1.30. The Labute approximate surface area is 169 Å². The van der Waals surface area contributed by atoms with Crippen LogP contribution in [0.4, 0.5) is 11.6 Å². The molecule has 0 saturated carbocycles. The summed E-state index contributed by atoms with van der Waals surface area (Å²) < 4.78 is 13.4. The summed E-state index contributed by atoms with van der Waals surface area (Å²) in [7, 11) is 0. The quantitative estimate of drug-likeness (QED) is 0.473. The van der Waals surface area contributed by atoms with Crippen molar-refractivity contribution in [1.29, 1.82) is 0 Å². The zero-order chi connectivity index (χ0) is 19.1. The van der Waals surface area contributed by atoms with E-state index in [9.17, 15) is 0 Å². The predicted molar refractivity (Wildman–Crippen MR) is 109 cm³/mol. The molecule has 0 amide bonds. The lowest BCUT2D eigenvalue weighted by Crippen LogP contribution is -2.21. The van der Waals surface area contributed by atoms with Gasteiger partial charge in [-0.15, -0.1) is 5.10 Å². The Morgan fingerprint density at radius 2 is 2.14 bits per heavy atom. The Morgan fingerprint density at radius 1 is 1.21 bits per heavy atom. The van der Waals surface area contributed by atoms with Gasteiger partial charge in [-0.25, -0.2) is 4.98 Å². The fourth-order valence-electron chi connectivity index (χ4n) is 3.19. The number of aryl methyl sites for hydroxylation is 1. The van der Waals surface area contributed by atoms with Crippen LogP contribution in [0.1, 0.15) is 5.56 Å². The van der Waals surface area contributed by atoms with Crippen LogP contribution in [0.5, 0.6) is 0 Å². The minimum Gasteiger partial charge on any atom is -0.462 e. The molecule has 1 aliphatic rings. The first-order valence-corrected chi connectivity index (χ1v) is 9.55. The molecule has 0 bridgehead atoms. The summed E-state index contributed by atoms with van der Waals surface area (Å²) in [6.07, 6.45) is 3.32. The summed E-state index contributed by atoms with van der Waals surface area (Å²) in [5, 5.41) is 5.61. The SMILES string of the molecule is Cc1cccc(N(CC2=COCO2)c2nc3c4ccc(Br)cc4ncn3n2)c1. The molecule has 2 aromatic heterocycles. The molecule has 8 heteroatoms. The number of halogens is 1. The van der Waals surface area contributed by atoms with Gasteiger partial charge in [-0.3, -0.25) is 0 Å².